The number of nitrogens with zero attached hydrogens (tertiary/aromatic N) is 3. The minimum atomic E-state index is -1.01. The number of hydrogen-bond donors (Lipinski definition) is 3. The topological polar surface area (TPSA) is 94.2 Å². The first-order valence-electron chi connectivity index (χ1n) is 11.0. The van der Waals surface area contributed by atoms with E-state index in [1.165, 1.54) is 46.3 Å². The molecule has 7 nitrogen and oxygen atoms in total. The van der Waals surface area contributed by atoms with Gasteiger partial charge in [-0.3, -0.25) is 14.3 Å². The molecule has 33 heavy (non-hydrogen) atoms. The molecule has 1 aromatic heterocycles. The number of likely N-dealkylation sites (tertiary alicyclic amines) is 1. The van der Waals surface area contributed by atoms with Crippen LogP contribution in [0.15, 0.2) is 59.7 Å². The maximum Gasteiger partial charge on any atom is 0.264 e. The Morgan fingerprint density at radius 3 is 2.55 bits per heavy atom. The Balaban J connectivity index is 1.44. The summed E-state index contributed by atoms with van der Waals surface area (Å²) >= 11 is 0. The zero-order chi connectivity index (χ0) is 23.4. The third-order valence-corrected chi connectivity index (χ3v) is 6.23. The van der Waals surface area contributed by atoms with Gasteiger partial charge in [0.15, 0.2) is 0 Å². The van der Waals surface area contributed by atoms with Crippen LogP contribution in [0, 0.1) is 18.2 Å². The molecule has 1 fully saturated rings. The molecule has 0 bridgehead atoms. The van der Waals surface area contributed by atoms with Crippen LogP contribution in [0.25, 0.3) is 0 Å². The minimum Gasteiger partial charge on any atom is -0.388 e. The molecule has 3 aromatic rings. The molecule has 8 heteroatoms. The van der Waals surface area contributed by atoms with Crippen molar-refractivity contribution in [2.24, 2.45) is 0 Å². The zero-order valence-corrected chi connectivity index (χ0v) is 18.6. The van der Waals surface area contributed by atoms with Crippen molar-refractivity contribution in [1.82, 2.24) is 14.5 Å². The third kappa shape index (κ3) is 5.35. The largest absolute Gasteiger partial charge is 0.388 e. The number of anilines is 2. The van der Waals surface area contributed by atoms with Crippen LogP contribution in [0.5, 0.6) is 0 Å². The van der Waals surface area contributed by atoms with Gasteiger partial charge in [-0.1, -0.05) is 24.3 Å². The molecule has 0 radical (unpaired) electrons. The Kier molecular flexibility index (Phi) is 6.67. The quantitative estimate of drug-likeness (QED) is 0.480. The Morgan fingerprint density at radius 1 is 1.18 bits per heavy atom. The first-order valence-corrected chi connectivity index (χ1v) is 11.0. The van der Waals surface area contributed by atoms with Gasteiger partial charge in [0.2, 0.25) is 0 Å². The van der Waals surface area contributed by atoms with E-state index in [1.807, 2.05) is 12.1 Å². The molecular formula is C25H28FN5O2. The van der Waals surface area contributed by atoms with E-state index in [1.54, 1.807) is 0 Å². The molecule has 172 valence electrons. The molecule has 0 spiro atoms. The average molecular weight is 450 g/mol. The number of aryl methyl sites for hydroxylation is 1. The van der Waals surface area contributed by atoms with Crippen LogP contribution in [0.2, 0.25) is 0 Å². The lowest BCUT2D eigenvalue weighted by Crippen LogP contribution is -2.48. The number of hydrogen-bond acceptors (Lipinski definition) is 6. The molecule has 0 saturated carbocycles. The van der Waals surface area contributed by atoms with E-state index < -0.39 is 11.2 Å². The molecule has 1 aliphatic heterocycles. The molecule has 0 aliphatic carbocycles. The van der Waals surface area contributed by atoms with Crippen molar-refractivity contribution in [2.75, 3.05) is 18.4 Å². The molecule has 0 amide bonds. The number of aromatic nitrogens is 2. The number of aliphatic hydroxyl groups is 1. The monoisotopic (exact) mass is 449 g/mol. The van der Waals surface area contributed by atoms with E-state index in [0.29, 0.717) is 18.5 Å². The van der Waals surface area contributed by atoms with Gasteiger partial charge in [-0.05, 0) is 55.2 Å². The minimum absolute atomic E-state index is 0.0856. The maximum atomic E-state index is 13.1. The molecular weight excluding hydrogens is 421 g/mol. The maximum absolute atomic E-state index is 13.1. The fourth-order valence-corrected chi connectivity index (χ4v) is 4.15. The average Bonchev–Trinajstić information content (AvgIpc) is 2.80. The fraction of sp³-hybridized carbons (Fsp3) is 0.320. The van der Waals surface area contributed by atoms with Gasteiger partial charge < -0.3 is 15.8 Å². The van der Waals surface area contributed by atoms with E-state index in [9.17, 15) is 14.3 Å². The van der Waals surface area contributed by atoms with Gasteiger partial charge in [0.25, 0.3) is 5.56 Å². The SMILES string of the molecule is Cc1ccccc1CN1CCC(O)(Cn2cnc(Nc3ccc(F)cc3)c(C=N)c2=O)CC1. The van der Waals surface area contributed by atoms with Crippen LogP contribution in [-0.4, -0.2) is 44.5 Å². The van der Waals surface area contributed by atoms with Crippen molar-refractivity contribution in [3.63, 3.8) is 0 Å². The molecule has 0 unspecified atom stereocenters. The summed E-state index contributed by atoms with van der Waals surface area (Å²) in [6.07, 6.45) is 3.42. The van der Waals surface area contributed by atoms with E-state index >= 15 is 0 Å². The van der Waals surface area contributed by atoms with Gasteiger partial charge in [-0.15, -0.1) is 0 Å². The summed E-state index contributed by atoms with van der Waals surface area (Å²) in [6, 6.07) is 14.0. The predicted octanol–water partition coefficient (Wildman–Crippen LogP) is 3.46. The Labute approximate surface area is 192 Å². The van der Waals surface area contributed by atoms with E-state index in [0.717, 1.165) is 25.8 Å². The van der Waals surface area contributed by atoms with Crippen molar-refractivity contribution < 1.29 is 9.50 Å². The molecule has 4 rings (SSSR count). The molecule has 3 N–H and O–H groups in total. The van der Waals surface area contributed by atoms with Crippen LogP contribution < -0.4 is 10.9 Å². The van der Waals surface area contributed by atoms with Crippen molar-refractivity contribution in [3.8, 4) is 0 Å². The summed E-state index contributed by atoms with van der Waals surface area (Å²) in [5, 5.41) is 21.8. The van der Waals surface area contributed by atoms with Gasteiger partial charge in [0, 0.05) is 31.5 Å². The standard InChI is InChI=1S/C25H28FN5O2/c1-18-4-2-3-5-19(18)15-30-12-10-25(33,11-13-30)16-31-17-28-23(22(14-27)24(31)32)29-21-8-6-20(26)7-9-21/h2-9,14,17,27,29,33H,10-13,15-16H2,1H3. The third-order valence-electron chi connectivity index (χ3n) is 6.23. The molecule has 2 aromatic carbocycles. The molecule has 2 heterocycles. The lowest BCUT2D eigenvalue weighted by molar-refractivity contribution is -0.0366. The van der Waals surface area contributed by atoms with Crippen molar-refractivity contribution in [3.05, 3.63) is 87.7 Å². The highest BCUT2D eigenvalue weighted by molar-refractivity contribution is 5.85. The smallest absolute Gasteiger partial charge is 0.264 e. The van der Waals surface area contributed by atoms with Crippen LogP contribution in [-0.2, 0) is 13.1 Å². The van der Waals surface area contributed by atoms with E-state index in [-0.39, 0.29) is 23.7 Å². The zero-order valence-electron chi connectivity index (χ0n) is 18.6. The Hall–Kier alpha value is -3.36. The second kappa shape index (κ2) is 9.64. The summed E-state index contributed by atoms with van der Waals surface area (Å²) in [6.45, 7) is 4.52. The Morgan fingerprint density at radius 2 is 1.88 bits per heavy atom. The highest BCUT2D eigenvalue weighted by Gasteiger charge is 2.33. The number of rotatable bonds is 7. The summed E-state index contributed by atoms with van der Waals surface area (Å²) < 4.78 is 14.5. The van der Waals surface area contributed by atoms with E-state index in [2.05, 4.69) is 34.3 Å². The summed E-state index contributed by atoms with van der Waals surface area (Å²) in [4.78, 5) is 19.6. The van der Waals surface area contributed by atoms with Crippen molar-refractivity contribution in [1.29, 1.82) is 5.41 Å². The predicted molar refractivity (Wildman–Crippen MR) is 127 cm³/mol. The van der Waals surface area contributed by atoms with Gasteiger partial charge in [0.05, 0.1) is 18.5 Å². The van der Waals surface area contributed by atoms with Crippen LogP contribution in [0.3, 0.4) is 0 Å². The lowest BCUT2D eigenvalue weighted by atomic mass is 9.90. The van der Waals surface area contributed by atoms with Crippen molar-refractivity contribution in [2.45, 2.75) is 38.5 Å². The van der Waals surface area contributed by atoms with Crippen molar-refractivity contribution >= 4 is 17.7 Å². The summed E-state index contributed by atoms with van der Waals surface area (Å²) in [5.74, 6) is -0.146. The van der Waals surface area contributed by atoms with Crippen LogP contribution in [0.1, 0.15) is 29.5 Å². The number of piperidine rings is 1. The normalized spacial score (nSPS) is 15.8. The lowest BCUT2D eigenvalue weighted by Gasteiger charge is -2.38. The second-order valence-corrected chi connectivity index (χ2v) is 8.64. The van der Waals surface area contributed by atoms with Gasteiger partial charge >= 0.3 is 0 Å². The first-order chi connectivity index (χ1) is 15.9. The summed E-state index contributed by atoms with van der Waals surface area (Å²) in [7, 11) is 0. The van der Waals surface area contributed by atoms with E-state index in [4.69, 9.17) is 5.41 Å². The first kappa shape index (κ1) is 22.8. The molecule has 1 aliphatic rings. The summed E-state index contributed by atoms with van der Waals surface area (Å²) in [5.41, 5.74) is 1.76. The van der Waals surface area contributed by atoms with Gasteiger partial charge in [-0.25, -0.2) is 9.37 Å². The van der Waals surface area contributed by atoms with Crippen LogP contribution >= 0.6 is 0 Å². The van der Waals surface area contributed by atoms with Gasteiger partial charge in [-0.2, -0.15) is 0 Å². The molecule has 1 saturated heterocycles. The second-order valence-electron chi connectivity index (χ2n) is 8.64. The highest BCUT2D eigenvalue weighted by atomic mass is 19.1. The number of nitrogens with one attached hydrogen (secondary N) is 2. The van der Waals surface area contributed by atoms with Crippen LogP contribution in [0.4, 0.5) is 15.9 Å². The fourth-order valence-electron chi connectivity index (χ4n) is 4.15. The number of benzene rings is 2. The number of halogens is 1. The van der Waals surface area contributed by atoms with Gasteiger partial charge in [0.1, 0.15) is 17.2 Å². The Bertz CT molecular complexity index is 1180. The highest BCUT2D eigenvalue weighted by Crippen LogP contribution is 2.26. The molecule has 0 atom stereocenters.